The molecule has 2 aliphatic rings. The first kappa shape index (κ1) is 17.2. The number of nitrogens with zero attached hydrogens (tertiary/aromatic N) is 4. The van der Waals surface area contributed by atoms with Gasteiger partial charge in [0, 0.05) is 37.8 Å². The maximum atomic E-state index is 11.9. The van der Waals surface area contributed by atoms with Crippen LogP contribution in [0.1, 0.15) is 31.7 Å². The zero-order valence-electron chi connectivity index (χ0n) is 15.1. The number of hydrogen-bond donors (Lipinski definition) is 1. The van der Waals surface area contributed by atoms with Gasteiger partial charge in [0.15, 0.2) is 0 Å². The molecule has 7 nitrogen and oxygen atoms in total. The van der Waals surface area contributed by atoms with Crippen molar-refractivity contribution in [2.75, 3.05) is 32.7 Å². The minimum absolute atomic E-state index is 0.0717. The minimum atomic E-state index is 0.0717. The van der Waals surface area contributed by atoms with E-state index in [-0.39, 0.29) is 11.9 Å². The van der Waals surface area contributed by atoms with Crippen molar-refractivity contribution in [1.82, 2.24) is 25.3 Å². The fraction of sp³-hybridized carbons (Fsp3) is 0.526. The maximum Gasteiger partial charge on any atom is 0.247 e. The highest BCUT2D eigenvalue weighted by Gasteiger charge is 2.28. The number of amides is 1. The van der Waals surface area contributed by atoms with Crippen molar-refractivity contribution < 1.29 is 9.21 Å². The van der Waals surface area contributed by atoms with Gasteiger partial charge in [-0.25, -0.2) is 0 Å². The molecule has 2 aromatic rings. The summed E-state index contributed by atoms with van der Waals surface area (Å²) in [4.78, 5) is 16.5. The Morgan fingerprint density at radius 3 is 2.62 bits per heavy atom. The number of hydrogen-bond acceptors (Lipinski definition) is 6. The summed E-state index contributed by atoms with van der Waals surface area (Å²) in [6, 6.07) is 10.3. The first-order valence-corrected chi connectivity index (χ1v) is 9.33. The Morgan fingerprint density at radius 1 is 1.19 bits per heavy atom. The number of benzene rings is 1. The molecule has 1 aromatic carbocycles. The fourth-order valence-corrected chi connectivity index (χ4v) is 3.27. The van der Waals surface area contributed by atoms with Crippen molar-refractivity contribution in [3.05, 3.63) is 36.2 Å². The van der Waals surface area contributed by atoms with Crippen LogP contribution in [-0.4, -0.2) is 64.7 Å². The molecule has 1 aromatic heterocycles. The molecule has 26 heavy (non-hydrogen) atoms. The van der Waals surface area contributed by atoms with E-state index in [1.807, 2.05) is 30.3 Å². The van der Waals surface area contributed by atoms with E-state index < -0.39 is 0 Å². The van der Waals surface area contributed by atoms with Gasteiger partial charge in [0.1, 0.15) is 0 Å². The van der Waals surface area contributed by atoms with E-state index in [4.69, 9.17) is 4.42 Å². The van der Waals surface area contributed by atoms with Crippen molar-refractivity contribution in [2.24, 2.45) is 0 Å². The van der Waals surface area contributed by atoms with Crippen LogP contribution in [0.15, 0.2) is 34.7 Å². The number of aromatic nitrogens is 2. The molecule has 7 heteroatoms. The second-order valence-electron chi connectivity index (χ2n) is 7.14. The Bertz CT molecular complexity index is 735. The highest BCUT2D eigenvalue weighted by molar-refractivity contribution is 5.78. The van der Waals surface area contributed by atoms with Crippen molar-refractivity contribution >= 4 is 5.91 Å². The Balaban J connectivity index is 1.30. The molecule has 1 N–H and O–H groups in total. The third kappa shape index (κ3) is 4.11. The number of piperazine rings is 1. The molecule has 138 valence electrons. The second kappa shape index (κ2) is 7.55. The van der Waals surface area contributed by atoms with Crippen LogP contribution in [0.2, 0.25) is 0 Å². The van der Waals surface area contributed by atoms with Gasteiger partial charge >= 0.3 is 0 Å². The van der Waals surface area contributed by atoms with E-state index in [9.17, 15) is 4.79 Å². The number of rotatable bonds is 6. The monoisotopic (exact) mass is 355 g/mol. The van der Waals surface area contributed by atoms with Gasteiger partial charge in [0.05, 0.1) is 12.6 Å². The molecule has 4 rings (SSSR count). The molecule has 2 heterocycles. The molecule has 1 aliphatic carbocycles. The summed E-state index contributed by atoms with van der Waals surface area (Å²) in [6.45, 7) is 6.13. The Hall–Kier alpha value is -2.25. The summed E-state index contributed by atoms with van der Waals surface area (Å²) in [5, 5.41) is 11.5. The SMILES string of the molecule is CC(c1nnc(-c2ccccc2)o1)N1CCN(CC(=O)NC2CC2)CC1. The summed E-state index contributed by atoms with van der Waals surface area (Å²) in [6.07, 6.45) is 2.26. The summed E-state index contributed by atoms with van der Waals surface area (Å²) in [7, 11) is 0. The summed E-state index contributed by atoms with van der Waals surface area (Å²) in [5.41, 5.74) is 0.935. The van der Waals surface area contributed by atoms with E-state index in [1.165, 1.54) is 0 Å². The molecule has 1 saturated carbocycles. The van der Waals surface area contributed by atoms with E-state index in [0.717, 1.165) is 44.6 Å². The van der Waals surface area contributed by atoms with E-state index in [1.54, 1.807) is 0 Å². The maximum absolute atomic E-state index is 11.9. The number of carbonyl (C=O) groups is 1. The molecule has 1 aliphatic heterocycles. The lowest BCUT2D eigenvalue weighted by molar-refractivity contribution is -0.122. The average Bonchev–Trinajstić information content (AvgIpc) is 3.34. The highest BCUT2D eigenvalue weighted by Crippen LogP contribution is 2.24. The fourth-order valence-electron chi connectivity index (χ4n) is 3.27. The summed E-state index contributed by atoms with van der Waals surface area (Å²) < 4.78 is 5.89. The van der Waals surface area contributed by atoms with E-state index in [0.29, 0.717) is 24.4 Å². The lowest BCUT2D eigenvalue weighted by Crippen LogP contribution is -2.50. The van der Waals surface area contributed by atoms with Crippen molar-refractivity contribution in [3.8, 4) is 11.5 Å². The molecule has 1 saturated heterocycles. The van der Waals surface area contributed by atoms with Crippen molar-refractivity contribution in [1.29, 1.82) is 0 Å². The Morgan fingerprint density at radius 2 is 1.92 bits per heavy atom. The first-order valence-electron chi connectivity index (χ1n) is 9.33. The van der Waals surface area contributed by atoms with Crippen LogP contribution >= 0.6 is 0 Å². The zero-order valence-corrected chi connectivity index (χ0v) is 15.1. The first-order chi connectivity index (χ1) is 12.7. The molecular weight excluding hydrogens is 330 g/mol. The minimum Gasteiger partial charge on any atom is -0.419 e. The van der Waals surface area contributed by atoms with Crippen LogP contribution in [0.25, 0.3) is 11.5 Å². The zero-order chi connectivity index (χ0) is 17.9. The van der Waals surface area contributed by atoms with Crippen LogP contribution in [0.4, 0.5) is 0 Å². The van der Waals surface area contributed by atoms with Crippen molar-refractivity contribution in [2.45, 2.75) is 31.8 Å². The van der Waals surface area contributed by atoms with Crippen LogP contribution < -0.4 is 5.32 Å². The van der Waals surface area contributed by atoms with E-state index in [2.05, 4.69) is 32.2 Å². The van der Waals surface area contributed by atoms with Gasteiger partial charge in [-0.15, -0.1) is 10.2 Å². The normalized spacial score (nSPS) is 20.0. The van der Waals surface area contributed by atoms with Gasteiger partial charge < -0.3 is 9.73 Å². The molecule has 1 unspecified atom stereocenters. The Labute approximate surface area is 153 Å². The molecule has 2 fully saturated rings. The molecule has 0 bridgehead atoms. The largest absolute Gasteiger partial charge is 0.419 e. The van der Waals surface area contributed by atoms with Crippen molar-refractivity contribution in [3.63, 3.8) is 0 Å². The van der Waals surface area contributed by atoms with Gasteiger partial charge in [0.25, 0.3) is 0 Å². The predicted molar refractivity (Wildman–Crippen MR) is 97.3 cm³/mol. The lowest BCUT2D eigenvalue weighted by Gasteiger charge is -2.36. The molecule has 0 radical (unpaired) electrons. The molecule has 1 atom stereocenters. The number of carbonyl (C=O) groups excluding carboxylic acids is 1. The third-order valence-electron chi connectivity index (χ3n) is 5.08. The lowest BCUT2D eigenvalue weighted by atomic mass is 10.2. The van der Waals surface area contributed by atoms with Crippen LogP contribution in [0, 0.1) is 0 Å². The average molecular weight is 355 g/mol. The summed E-state index contributed by atoms with van der Waals surface area (Å²) >= 11 is 0. The van der Waals surface area contributed by atoms with Gasteiger partial charge in [-0.2, -0.15) is 0 Å². The highest BCUT2D eigenvalue weighted by atomic mass is 16.4. The van der Waals surface area contributed by atoms with Gasteiger partial charge in [-0.05, 0) is 31.9 Å². The second-order valence-corrected chi connectivity index (χ2v) is 7.14. The molecular formula is C19H25N5O2. The topological polar surface area (TPSA) is 74.5 Å². The van der Waals surface area contributed by atoms with Crippen LogP contribution in [0.5, 0.6) is 0 Å². The van der Waals surface area contributed by atoms with Gasteiger partial charge in [0.2, 0.25) is 17.7 Å². The number of nitrogens with one attached hydrogen (secondary N) is 1. The predicted octanol–water partition coefficient (Wildman–Crippen LogP) is 1.69. The summed E-state index contributed by atoms with van der Waals surface area (Å²) in [5.74, 6) is 1.35. The van der Waals surface area contributed by atoms with E-state index >= 15 is 0 Å². The molecule has 0 spiro atoms. The smallest absolute Gasteiger partial charge is 0.247 e. The van der Waals surface area contributed by atoms with Gasteiger partial charge in [-0.1, -0.05) is 18.2 Å². The van der Waals surface area contributed by atoms with Crippen LogP contribution in [-0.2, 0) is 4.79 Å². The third-order valence-corrected chi connectivity index (χ3v) is 5.08. The quantitative estimate of drug-likeness (QED) is 0.850. The van der Waals surface area contributed by atoms with Crippen LogP contribution in [0.3, 0.4) is 0 Å². The van der Waals surface area contributed by atoms with Gasteiger partial charge in [-0.3, -0.25) is 14.6 Å². The standard InChI is InChI=1S/C19H25N5O2/c1-14(18-21-22-19(26-18)15-5-3-2-4-6-15)24-11-9-23(10-12-24)13-17(25)20-16-7-8-16/h2-6,14,16H,7-13H2,1H3,(H,20,25). The molecule has 1 amide bonds. The Kier molecular flexibility index (Phi) is 4.99.